The van der Waals surface area contributed by atoms with Crippen LogP contribution in [0.1, 0.15) is 23.6 Å². The molecule has 170 valence electrons. The molecule has 0 spiro atoms. The van der Waals surface area contributed by atoms with E-state index in [1.807, 2.05) is 25.1 Å². The molecule has 0 radical (unpaired) electrons. The predicted molar refractivity (Wildman–Crippen MR) is 123 cm³/mol. The molecule has 33 heavy (non-hydrogen) atoms. The monoisotopic (exact) mass is 466 g/mol. The molecule has 1 saturated heterocycles. The summed E-state index contributed by atoms with van der Waals surface area (Å²) in [4.78, 5) is 2.20. The van der Waals surface area contributed by atoms with Crippen molar-refractivity contribution in [1.82, 2.24) is 25.0 Å². The summed E-state index contributed by atoms with van der Waals surface area (Å²) >= 11 is 1.51. The quantitative estimate of drug-likeness (QED) is 0.375. The molecule has 3 heterocycles. The second-order valence-electron chi connectivity index (χ2n) is 7.67. The van der Waals surface area contributed by atoms with Gasteiger partial charge in [0.25, 0.3) is 0 Å². The minimum atomic E-state index is -0.309. The summed E-state index contributed by atoms with van der Waals surface area (Å²) in [6.45, 7) is 5.54. The van der Waals surface area contributed by atoms with Crippen molar-refractivity contribution in [2.24, 2.45) is 0 Å². The average Bonchev–Trinajstić information content (AvgIpc) is 3.49. The standard InChI is InChI=1S/C23H23FN6O2S/c1-16(20-25-26-21(32-20)18-7-9-19(24)10-8-18)33-23-28-27-22(29-11-13-31-14-12-29)30(23)15-17-5-3-2-4-6-17/h2-10,16H,11-15H2,1H3. The third-order valence-electron chi connectivity index (χ3n) is 5.34. The number of thioether (sulfide) groups is 1. The first kappa shape index (κ1) is 21.6. The van der Waals surface area contributed by atoms with E-state index in [4.69, 9.17) is 9.15 Å². The Balaban J connectivity index is 1.39. The summed E-state index contributed by atoms with van der Waals surface area (Å²) in [6.07, 6.45) is 0. The summed E-state index contributed by atoms with van der Waals surface area (Å²) in [7, 11) is 0. The zero-order chi connectivity index (χ0) is 22.6. The van der Waals surface area contributed by atoms with Gasteiger partial charge in [-0.2, -0.15) is 0 Å². The lowest BCUT2D eigenvalue weighted by atomic mass is 10.2. The number of aromatic nitrogens is 5. The van der Waals surface area contributed by atoms with E-state index >= 15 is 0 Å². The van der Waals surface area contributed by atoms with Gasteiger partial charge >= 0.3 is 0 Å². The second kappa shape index (κ2) is 9.72. The Morgan fingerprint density at radius 1 is 0.970 bits per heavy atom. The molecule has 5 rings (SSSR count). The molecule has 1 fully saturated rings. The molecule has 4 aromatic rings. The zero-order valence-corrected chi connectivity index (χ0v) is 18.9. The Bertz CT molecular complexity index is 1190. The fourth-order valence-corrected chi connectivity index (χ4v) is 4.46. The van der Waals surface area contributed by atoms with Crippen LogP contribution < -0.4 is 4.90 Å². The molecule has 0 amide bonds. The maximum absolute atomic E-state index is 13.2. The lowest BCUT2D eigenvalue weighted by Gasteiger charge is -2.28. The normalized spacial score (nSPS) is 15.0. The lowest BCUT2D eigenvalue weighted by Crippen LogP contribution is -2.38. The fraction of sp³-hybridized carbons (Fsp3) is 0.304. The number of rotatable bonds is 7. The summed E-state index contributed by atoms with van der Waals surface area (Å²) in [5.74, 6) is 1.35. The van der Waals surface area contributed by atoms with Gasteiger partial charge in [-0.15, -0.1) is 20.4 Å². The minimum Gasteiger partial charge on any atom is -0.419 e. The van der Waals surface area contributed by atoms with Gasteiger partial charge in [-0.05, 0) is 36.8 Å². The summed E-state index contributed by atoms with van der Waals surface area (Å²) in [6, 6.07) is 16.2. The third kappa shape index (κ3) is 4.91. The van der Waals surface area contributed by atoms with Crippen molar-refractivity contribution in [2.45, 2.75) is 23.9 Å². The highest BCUT2D eigenvalue weighted by Gasteiger charge is 2.24. The molecule has 2 aromatic carbocycles. The van der Waals surface area contributed by atoms with E-state index in [1.165, 1.54) is 23.9 Å². The van der Waals surface area contributed by atoms with Crippen molar-refractivity contribution < 1.29 is 13.5 Å². The van der Waals surface area contributed by atoms with Crippen LogP contribution in [-0.2, 0) is 11.3 Å². The van der Waals surface area contributed by atoms with Gasteiger partial charge in [-0.25, -0.2) is 4.39 Å². The van der Waals surface area contributed by atoms with E-state index in [-0.39, 0.29) is 11.1 Å². The molecule has 10 heteroatoms. The molecule has 1 aliphatic heterocycles. The molecule has 0 aliphatic carbocycles. The molecule has 1 unspecified atom stereocenters. The molecule has 8 nitrogen and oxygen atoms in total. The Morgan fingerprint density at radius 2 is 1.73 bits per heavy atom. The summed E-state index contributed by atoms with van der Waals surface area (Å²) in [5.41, 5.74) is 1.84. The number of nitrogens with zero attached hydrogens (tertiary/aromatic N) is 6. The third-order valence-corrected chi connectivity index (χ3v) is 6.40. The SMILES string of the molecule is CC(Sc1nnc(N2CCOCC2)n1Cc1ccccc1)c1nnc(-c2ccc(F)cc2)o1. The number of hydrogen-bond acceptors (Lipinski definition) is 8. The first-order valence-corrected chi connectivity index (χ1v) is 11.6. The first-order valence-electron chi connectivity index (χ1n) is 10.7. The Labute approximate surface area is 194 Å². The first-order chi connectivity index (χ1) is 16.2. The molecule has 1 aliphatic rings. The smallest absolute Gasteiger partial charge is 0.247 e. The lowest BCUT2D eigenvalue weighted by molar-refractivity contribution is 0.121. The number of hydrogen-bond donors (Lipinski definition) is 0. The van der Waals surface area contributed by atoms with E-state index in [0.717, 1.165) is 29.8 Å². The van der Waals surface area contributed by atoms with Crippen molar-refractivity contribution in [3.8, 4) is 11.5 Å². The van der Waals surface area contributed by atoms with E-state index in [0.29, 0.717) is 37.1 Å². The average molecular weight is 467 g/mol. The van der Waals surface area contributed by atoms with Gasteiger partial charge in [0.05, 0.1) is 25.0 Å². The van der Waals surface area contributed by atoms with Crippen molar-refractivity contribution in [1.29, 1.82) is 0 Å². The van der Waals surface area contributed by atoms with Crippen LogP contribution in [0.3, 0.4) is 0 Å². The van der Waals surface area contributed by atoms with Crippen LogP contribution in [0.4, 0.5) is 10.3 Å². The predicted octanol–water partition coefficient (Wildman–Crippen LogP) is 4.21. The largest absolute Gasteiger partial charge is 0.419 e. The molecular formula is C23H23FN6O2S. The topological polar surface area (TPSA) is 82.1 Å². The number of anilines is 1. The van der Waals surface area contributed by atoms with Crippen LogP contribution in [0.15, 0.2) is 64.2 Å². The zero-order valence-electron chi connectivity index (χ0n) is 18.1. The number of morpholine rings is 1. The van der Waals surface area contributed by atoms with Crippen molar-refractivity contribution in [3.05, 3.63) is 71.9 Å². The highest BCUT2D eigenvalue weighted by atomic mass is 32.2. The van der Waals surface area contributed by atoms with Crippen LogP contribution in [-0.4, -0.2) is 51.3 Å². The number of halogens is 1. The van der Waals surface area contributed by atoms with Crippen molar-refractivity contribution >= 4 is 17.7 Å². The summed E-state index contributed by atoms with van der Waals surface area (Å²) < 4.78 is 26.7. The van der Waals surface area contributed by atoms with Crippen LogP contribution in [0, 0.1) is 5.82 Å². The van der Waals surface area contributed by atoms with Gasteiger partial charge < -0.3 is 14.1 Å². The maximum atomic E-state index is 13.2. The molecule has 0 N–H and O–H groups in total. The van der Waals surface area contributed by atoms with E-state index in [9.17, 15) is 4.39 Å². The summed E-state index contributed by atoms with van der Waals surface area (Å²) in [5, 5.41) is 18.0. The van der Waals surface area contributed by atoms with Crippen LogP contribution in [0.5, 0.6) is 0 Å². The Hall–Kier alpha value is -3.24. The molecule has 0 saturated carbocycles. The highest BCUT2D eigenvalue weighted by Crippen LogP contribution is 2.36. The Morgan fingerprint density at radius 3 is 2.48 bits per heavy atom. The van der Waals surface area contributed by atoms with Gasteiger partial charge in [0.15, 0.2) is 5.16 Å². The van der Waals surface area contributed by atoms with Gasteiger partial charge in [0.1, 0.15) is 5.82 Å². The van der Waals surface area contributed by atoms with E-state index < -0.39 is 0 Å². The van der Waals surface area contributed by atoms with Crippen molar-refractivity contribution in [2.75, 3.05) is 31.2 Å². The van der Waals surface area contributed by atoms with Crippen LogP contribution >= 0.6 is 11.8 Å². The fourth-order valence-electron chi connectivity index (χ4n) is 3.59. The van der Waals surface area contributed by atoms with E-state index in [1.54, 1.807) is 12.1 Å². The van der Waals surface area contributed by atoms with Gasteiger partial charge in [0.2, 0.25) is 17.7 Å². The number of ether oxygens (including phenoxy) is 1. The van der Waals surface area contributed by atoms with Crippen LogP contribution in [0.2, 0.25) is 0 Å². The molecule has 2 aromatic heterocycles. The van der Waals surface area contributed by atoms with Gasteiger partial charge in [-0.1, -0.05) is 42.1 Å². The van der Waals surface area contributed by atoms with Gasteiger partial charge in [0, 0.05) is 18.7 Å². The molecular weight excluding hydrogens is 443 g/mol. The Kier molecular flexibility index (Phi) is 6.36. The van der Waals surface area contributed by atoms with Crippen LogP contribution in [0.25, 0.3) is 11.5 Å². The highest BCUT2D eigenvalue weighted by molar-refractivity contribution is 7.99. The second-order valence-corrected chi connectivity index (χ2v) is 8.97. The van der Waals surface area contributed by atoms with Crippen molar-refractivity contribution in [3.63, 3.8) is 0 Å². The number of benzene rings is 2. The van der Waals surface area contributed by atoms with Gasteiger partial charge in [-0.3, -0.25) is 4.57 Å². The maximum Gasteiger partial charge on any atom is 0.247 e. The molecule has 1 atom stereocenters. The van der Waals surface area contributed by atoms with E-state index in [2.05, 4.69) is 42.0 Å². The molecule has 0 bridgehead atoms. The minimum absolute atomic E-state index is 0.150.